The molecule has 1 aliphatic rings. The Bertz CT molecular complexity index is 4020. The van der Waals surface area contributed by atoms with E-state index in [1.165, 1.54) is 4.90 Å². The highest BCUT2D eigenvalue weighted by molar-refractivity contribution is 5.98. The van der Waals surface area contributed by atoms with E-state index in [9.17, 15) is 13.7 Å². The second kappa shape index (κ2) is 14.9. The van der Waals surface area contributed by atoms with Gasteiger partial charge in [-0.25, -0.2) is 0 Å². The third-order valence-electron chi connectivity index (χ3n) is 11.0. The smallest absolute Gasteiger partial charge is 0.0714 e. The summed E-state index contributed by atoms with van der Waals surface area (Å²) in [6.45, 7) is 0. The molecule has 282 valence electrons. The number of hydrogen-bond donors (Lipinski definition) is 0. The molecule has 0 radical (unpaired) electrons. The van der Waals surface area contributed by atoms with Crippen molar-refractivity contribution in [3.05, 3.63) is 271 Å². The van der Waals surface area contributed by atoms with Gasteiger partial charge in [-0.2, -0.15) is 0 Å². The minimum Gasteiger partial charge on any atom is -0.310 e. The van der Waals surface area contributed by atoms with Crippen molar-refractivity contribution < 1.29 is 23.3 Å². The molecule has 0 saturated heterocycles. The van der Waals surface area contributed by atoms with Crippen molar-refractivity contribution >= 4 is 27.8 Å². The summed E-state index contributed by atoms with van der Waals surface area (Å²) in [5, 5.41) is 1.64. The normalized spacial score (nSPS) is 16.4. The van der Waals surface area contributed by atoms with Crippen molar-refractivity contribution in [1.82, 2.24) is 0 Å². The number of nitrogens with zero attached hydrogens (tertiary/aromatic N) is 1. The molecule has 0 fully saturated rings. The number of rotatable bonds is 8. The van der Waals surface area contributed by atoms with Gasteiger partial charge in [-0.05, 0) is 108 Å². The fraction of sp³-hybridized carbons (Fsp3) is 0.0169. The van der Waals surface area contributed by atoms with Gasteiger partial charge in [0.2, 0.25) is 0 Å². The molecule has 0 saturated carbocycles. The predicted molar refractivity (Wildman–Crippen MR) is 252 cm³/mol. The largest absolute Gasteiger partial charge is 0.310 e. The zero-order valence-corrected chi connectivity index (χ0v) is 31.8. The van der Waals surface area contributed by atoms with Gasteiger partial charge in [-0.15, -0.1) is 0 Å². The van der Waals surface area contributed by atoms with Crippen molar-refractivity contribution in [1.29, 1.82) is 0 Å². The van der Waals surface area contributed by atoms with Crippen molar-refractivity contribution in [2.45, 2.75) is 5.41 Å². The Kier molecular flexibility index (Phi) is 5.42. The van der Waals surface area contributed by atoms with E-state index in [0.29, 0.717) is 16.7 Å². The molecule has 1 aliphatic carbocycles. The fourth-order valence-electron chi connectivity index (χ4n) is 8.43. The van der Waals surface area contributed by atoms with Crippen LogP contribution in [0.15, 0.2) is 248 Å². The van der Waals surface area contributed by atoms with E-state index in [4.69, 9.17) is 9.60 Å². The molecule has 1 heteroatoms. The minimum absolute atomic E-state index is 0.0395. The molecule has 0 aliphatic heterocycles. The first-order valence-electron chi connectivity index (χ1n) is 27.9. The number of anilines is 3. The second-order valence-electron chi connectivity index (χ2n) is 14.3. The molecular formula is C59H41N. The molecule has 10 aromatic carbocycles. The number of hydrogen-bond acceptors (Lipinski definition) is 1. The molecule has 0 bridgehead atoms. The van der Waals surface area contributed by atoms with Crippen LogP contribution in [-0.4, -0.2) is 0 Å². The lowest BCUT2D eigenvalue weighted by Gasteiger charge is -2.34. The third-order valence-corrected chi connectivity index (χ3v) is 11.0. The Labute approximate surface area is 376 Å². The first kappa shape index (κ1) is 21.9. The molecule has 0 N–H and O–H groups in total. The van der Waals surface area contributed by atoms with Gasteiger partial charge in [-0.1, -0.05) is 212 Å². The maximum absolute atomic E-state index is 10.1. The van der Waals surface area contributed by atoms with Crippen molar-refractivity contribution in [2.75, 3.05) is 4.90 Å². The molecule has 0 atom stereocenters. The Morgan fingerprint density at radius 2 is 0.933 bits per heavy atom. The van der Waals surface area contributed by atoms with Crippen LogP contribution in [0.1, 0.15) is 45.6 Å². The van der Waals surface area contributed by atoms with Crippen molar-refractivity contribution in [2.24, 2.45) is 0 Å². The molecular weight excluding hydrogens is 723 g/mol. The highest BCUT2D eigenvalue weighted by Gasteiger charge is 2.47. The lowest BCUT2D eigenvalue weighted by molar-refractivity contribution is 0.768. The summed E-state index contributed by atoms with van der Waals surface area (Å²) in [6.07, 6.45) is 0. The average Bonchev–Trinajstić information content (AvgIpc) is 3.91. The Morgan fingerprint density at radius 3 is 1.63 bits per heavy atom. The topological polar surface area (TPSA) is 3.24 Å². The van der Waals surface area contributed by atoms with Crippen LogP contribution in [0.2, 0.25) is 0 Å². The van der Waals surface area contributed by atoms with E-state index in [0.717, 1.165) is 33.0 Å². The SMILES string of the molecule is [2H]c1c([2H])c([2H])c(-c2c([2H])c([2H])c(-c3c([2H])c([2H])c(N(c4cccc5c4-c4ccccc4C5(c4ccccc4)c4ccccc4)c4c([2H])c([2H])c([2H])c(-c5ccc6ccccc6c5)c4[2H])c([2H])c3[2H])c([2H])c2[2H])c([2H])c1[2H]. The number of fused-ring (bicyclic) bond motifs is 4. The van der Waals surface area contributed by atoms with Crippen molar-refractivity contribution in [3.63, 3.8) is 0 Å². The fourth-order valence-corrected chi connectivity index (χ4v) is 8.43. The summed E-state index contributed by atoms with van der Waals surface area (Å²) in [5.74, 6) is 0. The highest BCUT2D eigenvalue weighted by atomic mass is 15.1. The summed E-state index contributed by atoms with van der Waals surface area (Å²) in [4.78, 5) is 1.27. The third kappa shape index (κ3) is 5.94. The van der Waals surface area contributed by atoms with Gasteiger partial charge in [-0.3, -0.25) is 0 Å². The van der Waals surface area contributed by atoms with Crippen LogP contribution in [0, 0.1) is 0 Å². The Hall–Kier alpha value is -7.74. The van der Waals surface area contributed by atoms with E-state index < -0.39 is 136 Å². The van der Waals surface area contributed by atoms with E-state index in [-0.39, 0.29) is 16.9 Å². The van der Waals surface area contributed by atoms with Gasteiger partial charge in [0, 0.05) is 16.9 Å². The molecule has 0 aromatic heterocycles. The molecule has 0 unspecified atom stereocenters. The molecule has 0 amide bonds. The Balaban J connectivity index is 1.25. The summed E-state index contributed by atoms with van der Waals surface area (Å²) in [5.41, 5.74) is 0.701. The van der Waals surface area contributed by atoms with Crippen LogP contribution in [-0.2, 0) is 5.41 Å². The average molecular weight is 781 g/mol. The number of benzene rings is 10. The summed E-state index contributed by atoms with van der Waals surface area (Å²) in [7, 11) is 0. The van der Waals surface area contributed by atoms with Crippen LogP contribution in [0.25, 0.3) is 55.3 Å². The maximum atomic E-state index is 10.1. The standard InChI is InChI=1S/C59H41N/c1-4-16-42(17-5-1)44-30-32-45(33-31-44)46-36-38-52(39-37-46)60(53-25-14-20-48(41-53)49-35-34-43-18-10-11-19-47(43)40-49)57-29-15-28-56-58(57)54-26-12-13-27-55(54)59(56,50-21-6-2-7-22-50)51-23-8-3-9-24-51/h1-41H/i1D,4D,5D,14D,16D,17D,20D,25D,30D,31D,32D,33D,36D,37D,38D,39D,41D. The van der Waals surface area contributed by atoms with Crippen molar-refractivity contribution in [3.8, 4) is 44.5 Å². The first-order chi connectivity index (χ1) is 36.9. The lowest BCUT2D eigenvalue weighted by Crippen LogP contribution is -2.28. The van der Waals surface area contributed by atoms with Crippen LogP contribution in [0.3, 0.4) is 0 Å². The van der Waals surface area contributed by atoms with E-state index in [1.807, 2.05) is 121 Å². The van der Waals surface area contributed by atoms with Gasteiger partial charge < -0.3 is 4.90 Å². The van der Waals surface area contributed by atoms with Crippen LogP contribution in [0.5, 0.6) is 0 Å². The molecule has 1 nitrogen and oxygen atoms in total. The molecule has 11 rings (SSSR count). The van der Waals surface area contributed by atoms with Crippen LogP contribution >= 0.6 is 0 Å². The lowest BCUT2D eigenvalue weighted by atomic mass is 9.68. The summed E-state index contributed by atoms with van der Waals surface area (Å²) >= 11 is 0. The summed E-state index contributed by atoms with van der Waals surface area (Å²) in [6, 6.07) is 32.9. The molecule has 60 heavy (non-hydrogen) atoms. The predicted octanol–water partition coefficient (Wildman–Crippen LogP) is 15.7. The summed E-state index contributed by atoms with van der Waals surface area (Å²) < 4.78 is 156. The van der Waals surface area contributed by atoms with E-state index in [2.05, 4.69) is 0 Å². The Morgan fingerprint density at radius 1 is 0.367 bits per heavy atom. The zero-order chi connectivity index (χ0) is 54.7. The first-order valence-corrected chi connectivity index (χ1v) is 19.4. The second-order valence-corrected chi connectivity index (χ2v) is 14.3. The maximum Gasteiger partial charge on any atom is 0.0714 e. The van der Waals surface area contributed by atoms with Gasteiger partial charge in [0.15, 0.2) is 0 Å². The van der Waals surface area contributed by atoms with Crippen LogP contribution in [0.4, 0.5) is 17.1 Å². The van der Waals surface area contributed by atoms with Gasteiger partial charge in [0.25, 0.3) is 0 Å². The monoisotopic (exact) mass is 780 g/mol. The minimum atomic E-state index is -1.01. The highest BCUT2D eigenvalue weighted by Crippen LogP contribution is 2.59. The quantitative estimate of drug-likeness (QED) is 0.148. The van der Waals surface area contributed by atoms with Gasteiger partial charge >= 0.3 is 0 Å². The van der Waals surface area contributed by atoms with Crippen LogP contribution < -0.4 is 4.90 Å². The van der Waals surface area contributed by atoms with Gasteiger partial charge in [0.05, 0.1) is 34.4 Å². The van der Waals surface area contributed by atoms with E-state index in [1.54, 1.807) is 24.3 Å². The molecule has 10 aromatic rings. The molecule has 0 heterocycles. The molecule has 0 spiro atoms. The zero-order valence-electron chi connectivity index (χ0n) is 48.8. The van der Waals surface area contributed by atoms with E-state index >= 15 is 0 Å². The van der Waals surface area contributed by atoms with Gasteiger partial charge in [0.1, 0.15) is 0 Å².